The Bertz CT molecular complexity index is 1010. The van der Waals surface area contributed by atoms with Gasteiger partial charge in [-0.1, -0.05) is 48.7 Å². The summed E-state index contributed by atoms with van der Waals surface area (Å²) in [7, 11) is 0. The number of nitrogens with zero attached hydrogens (tertiary/aromatic N) is 2. The van der Waals surface area contributed by atoms with Gasteiger partial charge in [-0.2, -0.15) is 0 Å². The molecule has 2 N–H and O–H groups in total. The van der Waals surface area contributed by atoms with Gasteiger partial charge in [-0.3, -0.25) is 9.69 Å². The number of para-hydroxylation sites is 1. The van der Waals surface area contributed by atoms with Crippen LogP contribution in [0.15, 0.2) is 48.5 Å². The van der Waals surface area contributed by atoms with E-state index in [1.165, 1.54) is 0 Å². The molecule has 2 aliphatic heterocycles. The van der Waals surface area contributed by atoms with Crippen molar-refractivity contribution in [2.75, 3.05) is 23.4 Å². The van der Waals surface area contributed by atoms with Crippen molar-refractivity contribution in [3.8, 4) is 0 Å². The summed E-state index contributed by atoms with van der Waals surface area (Å²) in [5, 5.41) is 13.6. The molecule has 1 aliphatic carbocycles. The van der Waals surface area contributed by atoms with Crippen molar-refractivity contribution in [2.45, 2.75) is 43.7 Å². The van der Waals surface area contributed by atoms with Crippen LogP contribution in [0.2, 0.25) is 5.02 Å². The first-order chi connectivity index (χ1) is 15.1. The highest BCUT2D eigenvalue weighted by Crippen LogP contribution is 2.49. The van der Waals surface area contributed by atoms with Crippen LogP contribution in [0.25, 0.3) is 0 Å². The summed E-state index contributed by atoms with van der Waals surface area (Å²) >= 11 is 6.06. The van der Waals surface area contributed by atoms with Gasteiger partial charge in [0.05, 0.1) is 18.7 Å². The molecule has 7 heteroatoms. The minimum absolute atomic E-state index is 0.0425. The largest absolute Gasteiger partial charge is 0.394 e. The number of benzene rings is 2. The van der Waals surface area contributed by atoms with Crippen molar-refractivity contribution in [1.82, 2.24) is 4.90 Å². The second-order valence-corrected chi connectivity index (χ2v) is 9.12. The number of rotatable bonds is 3. The number of urea groups is 1. The number of aliphatic hydroxyl groups is 1. The van der Waals surface area contributed by atoms with E-state index in [2.05, 4.69) is 5.32 Å². The molecule has 162 valence electrons. The zero-order chi connectivity index (χ0) is 21.5. The Morgan fingerprint density at radius 3 is 2.61 bits per heavy atom. The standard InChI is InChI=1S/C24H26ClN3O3/c25-16-8-5-9-17(12-16)26-24(31)27-13-20-22(18-10-3-4-11-19(18)27)21(14-29)28(20)23(30)15-6-1-2-7-15/h3-5,8-12,15,20-22,29H,1-2,6-7,13-14H2,(H,26,31)/t20-,21+,22+/m0/s1. The van der Waals surface area contributed by atoms with Crippen molar-refractivity contribution in [3.05, 3.63) is 59.1 Å². The summed E-state index contributed by atoms with van der Waals surface area (Å²) in [5.41, 5.74) is 2.46. The van der Waals surface area contributed by atoms with Crippen molar-refractivity contribution < 1.29 is 14.7 Å². The summed E-state index contributed by atoms with van der Waals surface area (Å²) in [5.74, 6) is 0.218. The molecular formula is C24H26ClN3O3. The Hall–Kier alpha value is -2.57. The highest BCUT2D eigenvalue weighted by Gasteiger charge is 2.56. The number of likely N-dealkylation sites (tertiary alicyclic amines) is 1. The molecule has 3 amide bonds. The molecule has 0 unspecified atom stereocenters. The molecule has 2 aromatic carbocycles. The number of carbonyl (C=O) groups excluding carboxylic acids is 2. The first-order valence-corrected chi connectivity index (χ1v) is 11.3. The minimum atomic E-state index is -0.256. The molecule has 2 heterocycles. The highest BCUT2D eigenvalue weighted by molar-refractivity contribution is 6.30. The van der Waals surface area contributed by atoms with Gasteiger partial charge in [-0.25, -0.2) is 4.79 Å². The van der Waals surface area contributed by atoms with Crippen LogP contribution >= 0.6 is 11.6 Å². The Morgan fingerprint density at radius 1 is 1.10 bits per heavy atom. The van der Waals surface area contributed by atoms with Crippen LogP contribution in [0.4, 0.5) is 16.2 Å². The van der Waals surface area contributed by atoms with Gasteiger partial charge < -0.3 is 15.3 Å². The molecule has 0 aromatic heterocycles. The van der Waals surface area contributed by atoms with E-state index in [0.29, 0.717) is 17.3 Å². The maximum absolute atomic E-state index is 13.2. The van der Waals surface area contributed by atoms with E-state index in [0.717, 1.165) is 36.9 Å². The van der Waals surface area contributed by atoms with Crippen molar-refractivity contribution >= 4 is 34.9 Å². The van der Waals surface area contributed by atoms with Crippen molar-refractivity contribution in [3.63, 3.8) is 0 Å². The molecule has 0 spiro atoms. The fraction of sp³-hybridized carbons (Fsp3) is 0.417. The van der Waals surface area contributed by atoms with Gasteiger partial charge in [0.2, 0.25) is 5.91 Å². The number of fused-ring (bicyclic) bond motifs is 3. The SMILES string of the molecule is O=C(Nc1cccc(Cl)c1)N1C[C@H]2[C@@H](c3ccccc31)[C@@H](CO)N2C(=O)C1CCCC1. The molecule has 3 aliphatic rings. The lowest BCUT2D eigenvalue weighted by Crippen LogP contribution is -2.71. The van der Waals surface area contributed by atoms with Crippen molar-refractivity contribution in [2.24, 2.45) is 5.92 Å². The normalized spacial score (nSPS) is 24.9. The van der Waals surface area contributed by atoms with Crippen LogP contribution in [0.3, 0.4) is 0 Å². The number of aliphatic hydroxyl groups excluding tert-OH is 1. The number of hydrogen-bond donors (Lipinski definition) is 2. The smallest absolute Gasteiger partial charge is 0.326 e. The molecule has 0 bridgehead atoms. The fourth-order valence-electron chi connectivity index (χ4n) is 5.53. The molecule has 2 fully saturated rings. The van der Waals surface area contributed by atoms with Gasteiger partial charge in [-0.15, -0.1) is 0 Å². The third-order valence-corrected chi connectivity index (χ3v) is 7.20. The molecule has 0 radical (unpaired) electrons. The topological polar surface area (TPSA) is 72.9 Å². The highest BCUT2D eigenvalue weighted by atomic mass is 35.5. The van der Waals surface area contributed by atoms with Gasteiger partial charge in [0.15, 0.2) is 0 Å². The number of halogens is 1. The van der Waals surface area contributed by atoms with E-state index >= 15 is 0 Å². The lowest BCUT2D eigenvalue weighted by atomic mass is 9.71. The number of nitrogens with one attached hydrogen (secondary N) is 1. The van der Waals surface area contributed by atoms with Gasteiger partial charge >= 0.3 is 6.03 Å². The Kier molecular flexibility index (Phi) is 5.36. The van der Waals surface area contributed by atoms with E-state index < -0.39 is 0 Å². The third kappa shape index (κ3) is 3.48. The lowest BCUT2D eigenvalue weighted by Gasteiger charge is -2.59. The average Bonchev–Trinajstić information content (AvgIpc) is 3.29. The Balaban J connectivity index is 1.44. The zero-order valence-corrected chi connectivity index (χ0v) is 18.0. The molecular weight excluding hydrogens is 414 g/mol. The predicted octanol–water partition coefficient (Wildman–Crippen LogP) is 4.24. The van der Waals surface area contributed by atoms with Gasteiger partial charge in [-0.05, 0) is 42.7 Å². The Labute approximate surface area is 186 Å². The van der Waals surface area contributed by atoms with Crippen LogP contribution in [-0.2, 0) is 4.79 Å². The maximum atomic E-state index is 13.2. The first-order valence-electron chi connectivity index (χ1n) is 10.9. The molecule has 3 atom stereocenters. The summed E-state index contributed by atoms with van der Waals surface area (Å²) in [4.78, 5) is 30.0. The first kappa shape index (κ1) is 20.3. The summed E-state index contributed by atoms with van der Waals surface area (Å²) in [6.07, 6.45) is 4.00. The molecule has 31 heavy (non-hydrogen) atoms. The quantitative estimate of drug-likeness (QED) is 0.751. The van der Waals surface area contributed by atoms with E-state index in [1.807, 2.05) is 29.2 Å². The summed E-state index contributed by atoms with van der Waals surface area (Å²) < 4.78 is 0. The van der Waals surface area contributed by atoms with Gasteiger partial charge in [0, 0.05) is 34.8 Å². The minimum Gasteiger partial charge on any atom is -0.394 e. The summed E-state index contributed by atoms with van der Waals surface area (Å²) in [6.45, 7) is 0.339. The maximum Gasteiger partial charge on any atom is 0.326 e. The summed E-state index contributed by atoms with van der Waals surface area (Å²) in [6, 6.07) is 14.2. The predicted molar refractivity (Wildman–Crippen MR) is 120 cm³/mol. The van der Waals surface area contributed by atoms with Crippen LogP contribution in [-0.4, -0.2) is 47.2 Å². The third-order valence-electron chi connectivity index (χ3n) is 6.97. The fourth-order valence-corrected chi connectivity index (χ4v) is 5.72. The van der Waals surface area contributed by atoms with Crippen LogP contribution < -0.4 is 10.2 Å². The average molecular weight is 440 g/mol. The van der Waals surface area contributed by atoms with Crippen molar-refractivity contribution in [1.29, 1.82) is 0 Å². The number of hydrogen-bond acceptors (Lipinski definition) is 3. The van der Waals surface area contributed by atoms with Crippen LogP contribution in [0.1, 0.15) is 37.2 Å². The zero-order valence-electron chi connectivity index (χ0n) is 17.2. The van der Waals surface area contributed by atoms with E-state index in [9.17, 15) is 14.7 Å². The van der Waals surface area contributed by atoms with Crippen LogP contribution in [0, 0.1) is 5.92 Å². The molecule has 5 rings (SSSR count). The number of amides is 3. The van der Waals surface area contributed by atoms with E-state index in [1.54, 1.807) is 29.2 Å². The molecule has 2 aromatic rings. The van der Waals surface area contributed by atoms with Gasteiger partial charge in [0.1, 0.15) is 0 Å². The Morgan fingerprint density at radius 2 is 1.87 bits per heavy atom. The molecule has 6 nitrogen and oxygen atoms in total. The second-order valence-electron chi connectivity index (χ2n) is 8.68. The van der Waals surface area contributed by atoms with Crippen LogP contribution in [0.5, 0.6) is 0 Å². The van der Waals surface area contributed by atoms with E-state index in [-0.39, 0.29) is 42.5 Å². The lowest BCUT2D eigenvalue weighted by molar-refractivity contribution is -0.154. The molecule has 1 saturated heterocycles. The second kappa shape index (κ2) is 8.17. The van der Waals surface area contributed by atoms with E-state index in [4.69, 9.17) is 11.6 Å². The number of anilines is 2. The van der Waals surface area contributed by atoms with Gasteiger partial charge in [0.25, 0.3) is 0 Å². The monoisotopic (exact) mass is 439 g/mol. The number of carbonyl (C=O) groups is 2. The molecule has 1 saturated carbocycles.